The largest absolute Gasteiger partial charge is 0.477 e. The summed E-state index contributed by atoms with van der Waals surface area (Å²) in [5, 5.41) is 9.61. The van der Waals surface area contributed by atoms with E-state index >= 15 is 0 Å². The van der Waals surface area contributed by atoms with Gasteiger partial charge in [-0.2, -0.15) is 0 Å². The van der Waals surface area contributed by atoms with Crippen molar-refractivity contribution >= 4 is 17.9 Å². The number of likely N-dealkylation sites (N-methyl/N-ethyl adjacent to an activating group) is 1. The zero-order valence-electron chi connectivity index (χ0n) is 35.9. The summed E-state index contributed by atoms with van der Waals surface area (Å²) < 4.78 is 17.3. The van der Waals surface area contributed by atoms with E-state index in [1.54, 1.807) is 0 Å². The number of allylic oxidation sites excluding steroid dienone is 4. The molecule has 0 bridgehead atoms. The Morgan fingerprint density at radius 2 is 1.04 bits per heavy atom. The van der Waals surface area contributed by atoms with E-state index in [1.165, 1.54) is 96.3 Å². The van der Waals surface area contributed by atoms with Crippen molar-refractivity contribution in [3.8, 4) is 0 Å². The minimum absolute atomic E-state index is 0.0544. The second-order valence-corrected chi connectivity index (χ2v) is 16.3. The third-order valence-electron chi connectivity index (χ3n) is 10.1. The summed E-state index contributed by atoms with van der Waals surface area (Å²) in [6.45, 7) is 4.63. The van der Waals surface area contributed by atoms with Gasteiger partial charge in [0.2, 0.25) is 0 Å². The van der Waals surface area contributed by atoms with E-state index in [4.69, 9.17) is 14.2 Å². The third-order valence-corrected chi connectivity index (χ3v) is 10.1. The third kappa shape index (κ3) is 35.5. The van der Waals surface area contributed by atoms with Crippen LogP contribution in [0, 0.1) is 0 Å². The maximum absolute atomic E-state index is 12.7. The Morgan fingerprint density at radius 1 is 0.574 bits per heavy atom. The van der Waals surface area contributed by atoms with Gasteiger partial charge in [0.25, 0.3) is 0 Å². The minimum Gasteiger partial charge on any atom is -0.477 e. The Hall–Kier alpha value is -2.19. The standard InChI is InChI=1S/C46H85NO7/c1-6-8-10-12-14-16-18-20-21-22-23-24-25-27-29-31-33-35-37-45(49)54-42(40-52-39-38-43(46(50)51)47(3,4)5)41-53-44(48)36-34-32-30-28-26-19-17-15-13-11-9-7-2/h9,11,15,17,42-43H,6-8,10,12-14,16,18-41H2,1-5H3/p+1/b11-9+,17-15+. The van der Waals surface area contributed by atoms with Crippen molar-refractivity contribution in [2.75, 3.05) is 41.0 Å². The molecule has 2 atom stereocenters. The highest BCUT2D eigenvalue weighted by atomic mass is 16.6. The lowest BCUT2D eigenvalue weighted by Crippen LogP contribution is -2.50. The zero-order chi connectivity index (χ0) is 40.0. The topological polar surface area (TPSA) is 99.1 Å². The van der Waals surface area contributed by atoms with Gasteiger partial charge in [-0.05, 0) is 38.5 Å². The predicted molar refractivity (Wildman–Crippen MR) is 225 cm³/mol. The number of esters is 2. The molecule has 0 aliphatic rings. The number of nitrogens with zero attached hydrogens (tertiary/aromatic N) is 1. The molecular weight excluding hydrogens is 679 g/mol. The highest BCUT2D eigenvalue weighted by Crippen LogP contribution is 2.16. The maximum atomic E-state index is 12.7. The second-order valence-electron chi connectivity index (χ2n) is 16.3. The molecule has 0 aliphatic heterocycles. The molecule has 0 aromatic rings. The number of quaternary nitrogens is 1. The number of hydrogen-bond donors (Lipinski definition) is 1. The van der Waals surface area contributed by atoms with Gasteiger partial charge in [0, 0.05) is 19.3 Å². The molecular formula is C46H86NO7+. The lowest BCUT2D eigenvalue weighted by Gasteiger charge is -2.31. The smallest absolute Gasteiger partial charge is 0.362 e. The molecule has 0 fully saturated rings. The fourth-order valence-electron chi connectivity index (χ4n) is 6.66. The van der Waals surface area contributed by atoms with E-state index in [0.29, 0.717) is 19.3 Å². The molecule has 0 rings (SSSR count). The van der Waals surface area contributed by atoms with E-state index in [-0.39, 0.29) is 36.2 Å². The summed E-state index contributed by atoms with van der Waals surface area (Å²) in [6, 6.07) is -0.613. The number of aliphatic carboxylic acids is 1. The van der Waals surface area contributed by atoms with Crippen LogP contribution in [0.5, 0.6) is 0 Å². The average molecular weight is 765 g/mol. The molecule has 1 N–H and O–H groups in total. The molecule has 0 aromatic carbocycles. The average Bonchev–Trinajstić information content (AvgIpc) is 3.12. The summed E-state index contributed by atoms with van der Waals surface area (Å²) in [5.74, 6) is -1.48. The Morgan fingerprint density at radius 3 is 1.52 bits per heavy atom. The predicted octanol–water partition coefficient (Wildman–Crippen LogP) is 12.1. The van der Waals surface area contributed by atoms with E-state index in [1.807, 2.05) is 21.1 Å². The molecule has 316 valence electrons. The lowest BCUT2D eigenvalue weighted by molar-refractivity contribution is -0.887. The van der Waals surface area contributed by atoms with Gasteiger partial charge in [-0.25, -0.2) is 4.79 Å². The number of carbonyl (C=O) groups is 3. The van der Waals surface area contributed by atoms with Gasteiger partial charge in [-0.15, -0.1) is 0 Å². The minimum atomic E-state index is -0.875. The number of carboxylic acid groups (broad SMARTS) is 1. The van der Waals surface area contributed by atoms with Crippen molar-refractivity contribution in [2.24, 2.45) is 0 Å². The molecule has 0 aliphatic carbocycles. The summed E-state index contributed by atoms with van der Waals surface area (Å²) in [7, 11) is 5.53. The summed E-state index contributed by atoms with van der Waals surface area (Å²) in [5.41, 5.74) is 0. The Balaban J connectivity index is 4.29. The van der Waals surface area contributed by atoms with E-state index in [0.717, 1.165) is 70.6 Å². The zero-order valence-corrected chi connectivity index (χ0v) is 35.9. The van der Waals surface area contributed by atoms with Crippen molar-refractivity contribution in [3.05, 3.63) is 24.3 Å². The number of unbranched alkanes of at least 4 members (excludes halogenated alkanes) is 22. The van der Waals surface area contributed by atoms with Crippen molar-refractivity contribution in [1.29, 1.82) is 0 Å². The van der Waals surface area contributed by atoms with Crippen molar-refractivity contribution < 1.29 is 38.2 Å². The van der Waals surface area contributed by atoms with Crippen LogP contribution < -0.4 is 0 Å². The molecule has 0 spiro atoms. The van der Waals surface area contributed by atoms with Gasteiger partial charge in [-0.3, -0.25) is 9.59 Å². The van der Waals surface area contributed by atoms with Crippen LogP contribution in [0.25, 0.3) is 0 Å². The van der Waals surface area contributed by atoms with Crippen LogP contribution in [-0.4, -0.2) is 80.6 Å². The SMILES string of the molecule is CC/C=C/C/C=C/CCCCCCCC(=O)OCC(COCCC(C(=O)O)[N+](C)(C)C)OC(=O)CCCCCCCCCCCCCCCCCCCC. The molecule has 0 saturated carbocycles. The molecule has 0 heterocycles. The normalized spacial score (nSPS) is 13.1. The molecule has 8 heteroatoms. The van der Waals surface area contributed by atoms with Gasteiger partial charge < -0.3 is 23.8 Å². The van der Waals surface area contributed by atoms with Crippen molar-refractivity contribution in [1.82, 2.24) is 0 Å². The molecule has 54 heavy (non-hydrogen) atoms. The second kappa shape index (κ2) is 37.7. The monoisotopic (exact) mass is 765 g/mol. The number of carboxylic acids is 1. The first kappa shape index (κ1) is 51.8. The van der Waals surface area contributed by atoms with E-state index < -0.39 is 18.1 Å². The van der Waals surface area contributed by atoms with Crippen LogP contribution in [0.15, 0.2) is 24.3 Å². The molecule has 2 unspecified atom stereocenters. The fourth-order valence-corrected chi connectivity index (χ4v) is 6.66. The summed E-state index contributed by atoms with van der Waals surface area (Å²) >= 11 is 0. The van der Waals surface area contributed by atoms with Gasteiger partial charge in [0.1, 0.15) is 6.61 Å². The van der Waals surface area contributed by atoms with Gasteiger partial charge in [-0.1, -0.05) is 167 Å². The molecule has 0 radical (unpaired) electrons. The van der Waals surface area contributed by atoms with Crippen LogP contribution in [0.3, 0.4) is 0 Å². The van der Waals surface area contributed by atoms with Crippen LogP contribution in [0.2, 0.25) is 0 Å². The van der Waals surface area contributed by atoms with Gasteiger partial charge in [0.15, 0.2) is 12.1 Å². The Kier molecular flexibility index (Phi) is 36.2. The quantitative estimate of drug-likeness (QED) is 0.0287. The van der Waals surface area contributed by atoms with E-state index in [9.17, 15) is 19.5 Å². The molecule has 0 amide bonds. The highest BCUT2D eigenvalue weighted by Gasteiger charge is 2.31. The Labute approximate surface area is 332 Å². The fraction of sp³-hybridized carbons (Fsp3) is 0.848. The van der Waals surface area contributed by atoms with Crippen LogP contribution >= 0.6 is 0 Å². The summed E-state index contributed by atoms with van der Waals surface area (Å²) in [4.78, 5) is 36.9. The summed E-state index contributed by atoms with van der Waals surface area (Å²) in [6.07, 6.45) is 40.8. The number of rotatable bonds is 40. The Bertz CT molecular complexity index is 942. The van der Waals surface area contributed by atoms with Crippen molar-refractivity contribution in [3.63, 3.8) is 0 Å². The van der Waals surface area contributed by atoms with Crippen molar-refractivity contribution in [2.45, 2.75) is 212 Å². The van der Waals surface area contributed by atoms with Crippen LogP contribution in [-0.2, 0) is 28.6 Å². The molecule has 0 saturated heterocycles. The lowest BCUT2D eigenvalue weighted by atomic mass is 10.0. The van der Waals surface area contributed by atoms with E-state index in [2.05, 4.69) is 38.2 Å². The van der Waals surface area contributed by atoms with Crippen LogP contribution in [0.1, 0.15) is 200 Å². The van der Waals surface area contributed by atoms with Crippen LogP contribution in [0.4, 0.5) is 0 Å². The number of hydrogen-bond acceptors (Lipinski definition) is 6. The maximum Gasteiger partial charge on any atom is 0.362 e. The highest BCUT2D eigenvalue weighted by molar-refractivity contribution is 5.72. The number of carbonyl (C=O) groups excluding carboxylic acids is 2. The first-order valence-corrected chi connectivity index (χ1v) is 22.4. The number of ether oxygens (including phenoxy) is 3. The molecule has 8 nitrogen and oxygen atoms in total. The first-order chi connectivity index (χ1) is 26.1. The van der Waals surface area contributed by atoms with Gasteiger partial charge in [0.05, 0.1) is 34.4 Å². The first-order valence-electron chi connectivity index (χ1n) is 22.4. The van der Waals surface area contributed by atoms with Gasteiger partial charge >= 0.3 is 17.9 Å². The molecule has 0 aromatic heterocycles.